The summed E-state index contributed by atoms with van der Waals surface area (Å²) < 4.78 is 28.4. The molecule has 0 aliphatic carbocycles. The van der Waals surface area contributed by atoms with Crippen LogP contribution >= 0.6 is 0 Å². The average Bonchev–Trinajstić information content (AvgIpc) is 4.00. The Morgan fingerprint density at radius 2 is 1.14 bits per heavy atom. The van der Waals surface area contributed by atoms with Crippen LogP contribution in [0.4, 0.5) is 44.7 Å². The highest BCUT2D eigenvalue weighted by Gasteiger charge is 2.23. The number of benzene rings is 2. The minimum atomic E-state index is -0.992. The van der Waals surface area contributed by atoms with Gasteiger partial charge in [-0.15, -0.1) is 0 Å². The third-order valence-electron chi connectivity index (χ3n) is 11.0. The second kappa shape index (κ2) is 26.2. The maximum absolute atomic E-state index is 13.8. The summed E-state index contributed by atoms with van der Waals surface area (Å²) in [5, 5.41) is 28.9. The molecule has 6 heterocycles. The molecule has 0 atom stereocenters. The van der Waals surface area contributed by atoms with Crippen molar-refractivity contribution in [1.29, 1.82) is 0 Å². The van der Waals surface area contributed by atoms with E-state index in [1.54, 1.807) is 43.0 Å². The summed E-state index contributed by atoms with van der Waals surface area (Å²) in [6.45, 7) is 8.78. The van der Waals surface area contributed by atoms with E-state index in [1.165, 1.54) is 39.7 Å². The normalized spacial score (nSPS) is 10.6. The number of aryl methyl sites for hydroxylation is 2. The van der Waals surface area contributed by atoms with Crippen LogP contribution in [0.25, 0.3) is 34.1 Å². The van der Waals surface area contributed by atoms with Gasteiger partial charge in [-0.3, -0.25) is 29.0 Å². The molecular formula is C51H68FN15O6. The van der Waals surface area contributed by atoms with E-state index in [0.29, 0.717) is 35.1 Å². The first-order valence-corrected chi connectivity index (χ1v) is 22.5. The lowest BCUT2D eigenvalue weighted by Gasteiger charge is -2.22. The molecule has 0 aliphatic heterocycles. The second-order valence-corrected chi connectivity index (χ2v) is 16.8. The average molecular weight is 1010 g/mol. The molecule has 0 saturated heterocycles. The number of likely N-dealkylation sites (N-methyl/N-ethyl adjacent to an activating group) is 2. The largest absolute Gasteiger partial charge is 0.494 e. The summed E-state index contributed by atoms with van der Waals surface area (Å²) in [5.41, 5.74) is 6.88. The molecule has 22 heteroatoms. The fraction of sp³-hybridized carbons (Fsp3) is 0.333. The lowest BCUT2D eigenvalue weighted by molar-refractivity contribution is -0.387. The van der Waals surface area contributed by atoms with Gasteiger partial charge in [0.1, 0.15) is 28.5 Å². The third kappa shape index (κ3) is 14.2. The van der Waals surface area contributed by atoms with E-state index in [1.807, 2.05) is 90.3 Å². The predicted octanol–water partition coefficient (Wildman–Crippen LogP) is 10.5. The van der Waals surface area contributed by atoms with Crippen molar-refractivity contribution < 1.29 is 25.1 Å². The minimum absolute atomic E-state index is 0. The van der Waals surface area contributed by atoms with Gasteiger partial charge in [-0.1, -0.05) is 40.3 Å². The van der Waals surface area contributed by atoms with E-state index in [0.717, 1.165) is 52.5 Å². The maximum atomic E-state index is 13.8. The zero-order valence-electron chi connectivity index (χ0n) is 41.4. The number of halogens is 1. The Hall–Kier alpha value is -8.37. The number of nitrogens with one attached hydrogen (secondary N) is 2. The van der Waals surface area contributed by atoms with Gasteiger partial charge in [0, 0.05) is 70.6 Å². The quantitative estimate of drug-likeness (QED) is 0.0639. The zero-order valence-corrected chi connectivity index (χ0v) is 41.4. The second-order valence-electron chi connectivity index (χ2n) is 16.8. The van der Waals surface area contributed by atoms with Crippen molar-refractivity contribution in [1.82, 2.24) is 48.5 Å². The van der Waals surface area contributed by atoms with Crippen molar-refractivity contribution in [3.63, 3.8) is 0 Å². The molecule has 390 valence electrons. The van der Waals surface area contributed by atoms with Crippen LogP contribution in [-0.2, 0) is 0 Å². The fourth-order valence-corrected chi connectivity index (χ4v) is 7.22. The number of aromatic nitrogens is 8. The van der Waals surface area contributed by atoms with Gasteiger partial charge in [0.15, 0.2) is 0 Å². The number of nitro benzene ring substituents is 2. The molecule has 0 amide bonds. The number of pyridine rings is 2. The number of nitrogens with zero attached hydrogens (tertiary/aromatic N) is 13. The fourth-order valence-electron chi connectivity index (χ4n) is 7.22. The van der Waals surface area contributed by atoms with Gasteiger partial charge in [-0.25, -0.2) is 29.9 Å². The molecule has 8 aromatic rings. The summed E-state index contributed by atoms with van der Waals surface area (Å²) in [7, 11) is 12.8. The summed E-state index contributed by atoms with van der Waals surface area (Å²) in [5.74, 6) is -0.00171. The molecule has 0 saturated carbocycles. The van der Waals surface area contributed by atoms with Crippen LogP contribution < -0.4 is 25.0 Å². The Morgan fingerprint density at radius 1 is 0.671 bits per heavy atom. The van der Waals surface area contributed by atoms with Crippen molar-refractivity contribution in [3.8, 4) is 34.3 Å². The number of fused-ring (bicyclic) bond motifs is 2. The van der Waals surface area contributed by atoms with Gasteiger partial charge in [0.05, 0.1) is 70.6 Å². The number of hydrogen-bond acceptors (Lipinski definition) is 17. The van der Waals surface area contributed by atoms with Gasteiger partial charge < -0.3 is 34.8 Å². The van der Waals surface area contributed by atoms with Gasteiger partial charge in [0.2, 0.25) is 17.7 Å². The van der Waals surface area contributed by atoms with Crippen LogP contribution in [-0.4, -0.2) is 127 Å². The lowest BCUT2D eigenvalue weighted by Crippen LogP contribution is -2.28. The highest BCUT2D eigenvalue weighted by Crippen LogP contribution is 2.39. The Bertz CT molecular complexity index is 3130. The van der Waals surface area contributed by atoms with Crippen LogP contribution in [0.5, 0.6) is 11.5 Å². The van der Waals surface area contributed by atoms with E-state index in [2.05, 4.69) is 66.5 Å². The monoisotopic (exact) mass is 1010 g/mol. The molecule has 0 aliphatic rings. The SMILES string of the molecule is C.C.CCCCN(C)C.COc1cc(F)c([N+](=O)[O-])cc1Nc1nccc(-c2cnc3c(C)cccn23)n1.COc1cc(N(C)CCN(C)C)c([N+](=O)[O-])cc1Nc1nccc(-c2cnc3c(C)cccn23)n1.[2HH]. The van der Waals surface area contributed by atoms with E-state index < -0.39 is 21.4 Å². The number of ether oxygens (including phenoxy) is 2. The number of nitro groups is 2. The topological polar surface area (TPSA) is 225 Å². The Kier molecular flexibility index (Phi) is 20.5. The Morgan fingerprint density at radius 3 is 1.56 bits per heavy atom. The molecule has 2 aromatic carbocycles. The van der Waals surface area contributed by atoms with E-state index in [9.17, 15) is 24.6 Å². The van der Waals surface area contributed by atoms with Crippen LogP contribution in [0.15, 0.2) is 97.8 Å². The van der Waals surface area contributed by atoms with Gasteiger partial charge in [-0.2, -0.15) is 4.39 Å². The van der Waals surface area contributed by atoms with E-state index in [4.69, 9.17) is 9.47 Å². The Labute approximate surface area is 426 Å². The first kappa shape index (κ1) is 57.2. The smallest absolute Gasteiger partial charge is 0.307 e. The highest BCUT2D eigenvalue weighted by atomic mass is 19.1. The van der Waals surface area contributed by atoms with E-state index >= 15 is 0 Å². The number of methoxy groups -OCH3 is 2. The number of rotatable bonds is 17. The number of imidazole rings is 2. The molecule has 0 bridgehead atoms. The van der Waals surface area contributed by atoms with Crippen molar-refractivity contribution in [3.05, 3.63) is 135 Å². The highest BCUT2D eigenvalue weighted by molar-refractivity contribution is 5.77. The van der Waals surface area contributed by atoms with Gasteiger partial charge >= 0.3 is 5.69 Å². The number of anilines is 5. The molecule has 8 rings (SSSR count). The minimum Gasteiger partial charge on any atom is -0.494 e. The zero-order chi connectivity index (χ0) is 51.4. The summed E-state index contributed by atoms with van der Waals surface area (Å²) >= 11 is 0. The van der Waals surface area contributed by atoms with Crippen molar-refractivity contribution in [2.75, 3.05) is 84.6 Å². The summed E-state index contributed by atoms with van der Waals surface area (Å²) in [4.78, 5) is 54.2. The van der Waals surface area contributed by atoms with Crippen LogP contribution in [0.2, 0.25) is 0 Å². The lowest BCUT2D eigenvalue weighted by atomic mass is 10.2. The Balaban J connectivity index is 0.000000337. The first-order valence-electron chi connectivity index (χ1n) is 22.5. The molecule has 73 heavy (non-hydrogen) atoms. The maximum Gasteiger partial charge on any atom is 0.307 e. The first-order chi connectivity index (χ1) is 34.0. The number of hydrogen-bond donors (Lipinski definition) is 2. The number of unbranched alkanes of at least 4 members (excludes halogenated alkanes) is 1. The molecule has 0 spiro atoms. The summed E-state index contributed by atoms with van der Waals surface area (Å²) in [6, 6.07) is 16.4. The van der Waals surface area contributed by atoms with Crippen molar-refractivity contribution >= 4 is 51.6 Å². The molecule has 6 aromatic heterocycles. The van der Waals surface area contributed by atoms with Crippen molar-refractivity contribution in [2.24, 2.45) is 0 Å². The van der Waals surface area contributed by atoms with Gasteiger partial charge in [-0.05, 0) is 90.4 Å². The molecule has 21 nitrogen and oxygen atoms in total. The molecule has 2 N–H and O–H groups in total. The summed E-state index contributed by atoms with van der Waals surface area (Å²) in [6.07, 6.45) is 13.1. The molecule has 0 unspecified atom stereocenters. The molecule has 0 radical (unpaired) electrons. The van der Waals surface area contributed by atoms with Crippen molar-refractivity contribution in [2.45, 2.75) is 48.5 Å². The van der Waals surface area contributed by atoms with Crippen LogP contribution in [0, 0.1) is 39.9 Å². The van der Waals surface area contributed by atoms with Crippen LogP contribution in [0.3, 0.4) is 0 Å². The van der Waals surface area contributed by atoms with E-state index in [-0.39, 0.29) is 45.3 Å². The predicted molar refractivity (Wildman–Crippen MR) is 289 cm³/mol. The standard InChI is InChI=1S/C24H28N8O3.C19H15FN6O3.C6H15N.2CH4.H2/c1-16-7-6-10-31-21(15-26-23(16)31)17-8-9-25-24(27-17)28-18-13-20(32(33)34)19(14-22(18)35-5)30(4)12-11-29(2)3;1-11-4-3-7-25-16(10-22-18(11)25)13-5-6-21-19(23-13)24-14-9-15(26(27)28)12(20)8-17(14)29-2;1-4-5-6-7(2)3;;;/h6-10,13-15H,11-12H2,1-5H3,(H,25,27,28);3-10H,1-2H3,(H,21,23,24);4-6H2,1-3H3;2*1H4;1H/i;;;;;1+1. The molecular weight excluding hydrogens is 938 g/mol. The van der Waals surface area contributed by atoms with Gasteiger partial charge in [0.25, 0.3) is 5.69 Å². The molecule has 0 fully saturated rings. The third-order valence-corrected chi connectivity index (χ3v) is 11.0. The van der Waals surface area contributed by atoms with Crippen LogP contribution in [0.1, 0.15) is 47.2 Å².